The number of hydrogen-bond acceptors (Lipinski definition) is 3. The summed E-state index contributed by atoms with van der Waals surface area (Å²) in [6.07, 6.45) is 1.74. The minimum atomic E-state index is 0.736. The van der Waals surface area contributed by atoms with E-state index in [-0.39, 0.29) is 0 Å². The van der Waals surface area contributed by atoms with Gasteiger partial charge in [-0.15, -0.1) is 5.10 Å². The lowest BCUT2D eigenvalue weighted by atomic mass is 10.2. The van der Waals surface area contributed by atoms with E-state index in [1.165, 1.54) is 5.56 Å². The number of hydrogen-bond donors (Lipinski definition) is 1. The average Bonchev–Trinajstić information content (AvgIpc) is 2.28. The van der Waals surface area contributed by atoms with E-state index in [4.69, 9.17) is 0 Å². The van der Waals surface area contributed by atoms with E-state index >= 15 is 0 Å². The van der Waals surface area contributed by atoms with Gasteiger partial charge in [-0.25, -0.2) is 0 Å². The van der Waals surface area contributed by atoms with Crippen molar-refractivity contribution in [3.05, 3.63) is 52.1 Å². The Morgan fingerprint density at radius 3 is 2.88 bits per heavy atom. The minimum absolute atomic E-state index is 0.736. The summed E-state index contributed by atoms with van der Waals surface area (Å²) in [5.74, 6) is 0.802. The fraction of sp³-hybridized carbons (Fsp3) is 0.167. The Labute approximate surface area is 103 Å². The molecule has 1 heterocycles. The molecule has 0 saturated carbocycles. The van der Waals surface area contributed by atoms with Crippen molar-refractivity contribution in [1.82, 2.24) is 10.2 Å². The van der Waals surface area contributed by atoms with Gasteiger partial charge in [-0.1, -0.05) is 34.1 Å². The molecule has 0 bridgehead atoms. The standard InChI is InChI=1S/C12H12BrN3/c1-9-6-12(16-15-7-9)14-8-10-4-2-3-5-11(10)13/h2-7H,8H2,1H3,(H,14,16). The predicted molar refractivity (Wildman–Crippen MR) is 68.2 cm³/mol. The summed E-state index contributed by atoms with van der Waals surface area (Å²) in [5.41, 5.74) is 2.30. The van der Waals surface area contributed by atoms with Crippen LogP contribution < -0.4 is 5.32 Å². The number of aryl methyl sites for hydroxylation is 1. The Morgan fingerprint density at radius 1 is 1.31 bits per heavy atom. The Balaban J connectivity index is 2.05. The highest BCUT2D eigenvalue weighted by molar-refractivity contribution is 9.10. The van der Waals surface area contributed by atoms with Crippen molar-refractivity contribution in [3.8, 4) is 0 Å². The summed E-state index contributed by atoms with van der Waals surface area (Å²) >= 11 is 3.51. The Hall–Kier alpha value is -1.42. The molecule has 0 spiro atoms. The number of rotatable bonds is 3. The lowest BCUT2D eigenvalue weighted by molar-refractivity contribution is 0.986. The SMILES string of the molecule is Cc1cnnc(NCc2ccccc2Br)c1. The van der Waals surface area contributed by atoms with Gasteiger partial charge in [-0.3, -0.25) is 0 Å². The molecule has 3 nitrogen and oxygen atoms in total. The van der Waals surface area contributed by atoms with E-state index in [0.29, 0.717) is 0 Å². The molecule has 2 rings (SSSR count). The van der Waals surface area contributed by atoms with Crippen molar-refractivity contribution in [2.24, 2.45) is 0 Å². The highest BCUT2D eigenvalue weighted by Crippen LogP contribution is 2.16. The lowest BCUT2D eigenvalue weighted by Crippen LogP contribution is -2.02. The topological polar surface area (TPSA) is 37.8 Å². The van der Waals surface area contributed by atoms with Crippen LogP contribution in [0.15, 0.2) is 41.0 Å². The van der Waals surface area contributed by atoms with Gasteiger partial charge in [0.1, 0.15) is 5.82 Å². The van der Waals surface area contributed by atoms with Crippen LogP contribution in [0.1, 0.15) is 11.1 Å². The van der Waals surface area contributed by atoms with E-state index < -0.39 is 0 Å². The van der Waals surface area contributed by atoms with E-state index in [9.17, 15) is 0 Å². The van der Waals surface area contributed by atoms with E-state index in [0.717, 1.165) is 22.4 Å². The number of benzene rings is 1. The second kappa shape index (κ2) is 5.07. The summed E-state index contributed by atoms with van der Waals surface area (Å²) in [5, 5.41) is 11.1. The molecular weight excluding hydrogens is 266 g/mol. The Bertz CT molecular complexity index is 485. The molecule has 1 aromatic carbocycles. The first-order valence-electron chi connectivity index (χ1n) is 5.02. The maximum Gasteiger partial charge on any atom is 0.149 e. The van der Waals surface area contributed by atoms with Gasteiger partial charge in [0.2, 0.25) is 0 Å². The maximum absolute atomic E-state index is 4.01. The number of anilines is 1. The van der Waals surface area contributed by atoms with Gasteiger partial charge in [-0.2, -0.15) is 5.10 Å². The minimum Gasteiger partial charge on any atom is -0.364 e. The smallest absolute Gasteiger partial charge is 0.149 e. The third kappa shape index (κ3) is 2.79. The number of nitrogens with one attached hydrogen (secondary N) is 1. The molecule has 0 amide bonds. The quantitative estimate of drug-likeness (QED) is 0.937. The summed E-state index contributed by atoms with van der Waals surface area (Å²) in [6, 6.07) is 10.1. The first-order chi connectivity index (χ1) is 7.75. The molecule has 0 unspecified atom stereocenters. The molecule has 0 aliphatic carbocycles. The van der Waals surface area contributed by atoms with Crippen LogP contribution in [0.4, 0.5) is 5.82 Å². The molecule has 82 valence electrons. The third-order valence-corrected chi connectivity index (χ3v) is 2.98. The van der Waals surface area contributed by atoms with Crippen molar-refractivity contribution >= 4 is 21.7 Å². The second-order valence-electron chi connectivity index (χ2n) is 3.56. The van der Waals surface area contributed by atoms with Crippen molar-refractivity contribution in [1.29, 1.82) is 0 Å². The van der Waals surface area contributed by atoms with Crippen LogP contribution in [-0.2, 0) is 6.54 Å². The second-order valence-corrected chi connectivity index (χ2v) is 4.42. The molecule has 16 heavy (non-hydrogen) atoms. The summed E-state index contributed by atoms with van der Waals surface area (Å²) in [6.45, 7) is 2.73. The molecular formula is C12H12BrN3. The van der Waals surface area contributed by atoms with Crippen molar-refractivity contribution in [2.75, 3.05) is 5.32 Å². The average molecular weight is 278 g/mol. The zero-order valence-corrected chi connectivity index (χ0v) is 10.5. The van der Waals surface area contributed by atoms with E-state index in [1.54, 1.807) is 6.20 Å². The van der Waals surface area contributed by atoms with Gasteiger partial charge in [0.15, 0.2) is 0 Å². The Kier molecular flexibility index (Phi) is 3.51. The van der Waals surface area contributed by atoms with Crippen LogP contribution in [0.3, 0.4) is 0 Å². The van der Waals surface area contributed by atoms with Crippen molar-refractivity contribution in [3.63, 3.8) is 0 Å². The summed E-state index contributed by atoms with van der Waals surface area (Å²) < 4.78 is 1.10. The summed E-state index contributed by atoms with van der Waals surface area (Å²) in [4.78, 5) is 0. The zero-order valence-electron chi connectivity index (χ0n) is 8.94. The maximum atomic E-state index is 4.01. The van der Waals surface area contributed by atoms with Crippen LogP contribution in [0.2, 0.25) is 0 Å². The van der Waals surface area contributed by atoms with Gasteiger partial charge >= 0.3 is 0 Å². The molecule has 2 aromatic rings. The molecule has 1 N–H and O–H groups in total. The highest BCUT2D eigenvalue weighted by atomic mass is 79.9. The predicted octanol–water partition coefficient (Wildman–Crippen LogP) is 3.16. The fourth-order valence-electron chi connectivity index (χ4n) is 1.38. The first kappa shape index (κ1) is 11.1. The number of halogens is 1. The molecule has 0 radical (unpaired) electrons. The molecule has 0 aliphatic rings. The van der Waals surface area contributed by atoms with Gasteiger partial charge in [0.05, 0.1) is 6.20 Å². The Morgan fingerprint density at radius 2 is 2.12 bits per heavy atom. The first-order valence-corrected chi connectivity index (χ1v) is 5.81. The van der Waals surface area contributed by atoms with Gasteiger partial charge in [0, 0.05) is 11.0 Å². The zero-order chi connectivity index (χ0) is 11.4. The molecule has 4 heteroatoms. The molecule has 0 saturated heterocycles. The normalized spacial score (nSPS) is 10.1. The van der Waals surface area contributed by atoms with E-state index in [1.807, 2.05) is 31.2 Å². The third-order valence-electron chi connectivity index (χ3n) is 2.21. The van der Waals surface area contributed by atoms with Crippen LogP contribution in [0.5, 0.6) is 0 Å². The largest absolute Gasteiger partial charge is 0.364 e. The molecule has 0 fully saturated rings. The van der Waals surface area contributed by atoms with Crippen LogP contribution in [-0.4, -0.2) is 10.2 Å². The monoisotopic (exact) mass is 277 g/mol. The van der Waals surface area contributed by atoms with Crippen LogP contribution in [0, 0.1) is 6.92 Å². The number of aromatic nitrogens is 2. The van der Waals surface area contributed by atoms with E-state index in [2.05, 4.69) is 37.5 Å². The van der Waals surface area contributed by atoms with Crippen LogP contribution in [0.25, 0.3) is 0 Å². The van der Waals surface area contributed by atoms with Crippen molar-refractivity contribution in [2.45, 2.75) is 13.5 Å². The molecule has 1 aromatic heterocycles. The summed E-state index contributed by atoms with van der Waals surface area (Å²) in [7, 11) is 0. The molecule has 0 atom stereocenters. The lowest BCUT2D eigenvalue weighted by Gasteiger charge is -2.06. The van der Waals surface area contributed by atoms with Gasteiger partial charge in [0.25, 0.3) is 0 Å². The number of nitrogens with zero attached hydrogens (tertiary/aromatic N) is 2. The highest BCUT2D eigenvalue weighted by Gasteiger charge is 1.99. The fourth-order valence-corrected chi connectivity index (χ4v) is 1.80. The van der Waals surface area contributed by atoms with Crippen LogP contribution >= 0.6 is 15.9 Å². The van der Waals surface area contributed by atoms with Gasteiger partial charge in [-0.05, 0) is 30.2 Å². The van der Waals surface area contributed by atoms with Crippen molar-refractivity contribution < 1.29 is 0 Å². The van der Waals surface area contributed by atoms with Gasteiger partial charge < -0.3 is 5.32 Å². The molecule has 0 aliphatic heterocycles.